The van der Waals surface area contributed by atoms with Crippen molar-refractivity contribution in [2.75, 3.05) is 0 Å². The van der Waals surface area contributed by atoms with Gasteiger partial charge in [-0.2, -0.15) is 0 Å². The number of unbranched alkanes of at least 4 members (excludes halogenated alkanes) is 12. The van der Waals surface area contributed by atoms with Crippen LogP contribution in [-0.4, -0.2) is 28.5 Å². The van der Waals surface area contributed by atoms with Gasteiger partial charge in [-0.25, -0.2) is 0 Å². The molecule has 147 valence electrons. The maximum atomic E-state index is 11.2. The van der Waals surface area contributed by atoms with Gasteiger partial charge in [-0.15, -0.1) is 0 Å². The van der Waals surface area contributed by atoms with Crippen molar-refractivity contribution < 1.29 is 14.8 Å². The Kier molecular flexibility index (Phi) is 17.1. The lowest BCUT2D eigenvalue weighted by Gasteiger charge is -2.16. The molecule has 0 spiro atoms. The fraction of sp³-hybridized carbons (Fsp3) is 0.950. The van der Waals surface area contributed by atoms with Gasteiger partial charge in [0, 0.05) is 17.8 Å². The number of hydrogen-bond acceptors (Lipinski definition) is 4. The number of hydrogen-bond donors (Lipinski definition) is 1. The molecule has 0 aliphatic heterocycles. The van der Waals surface area contributed by atoms with E-state index in [0.29, 0.717) is 19.3 Å². The summed E-state index contributed by atoms with van der Waals surface area (Å²) < 4.78 is 0. The summed E-state index contributed by atoms with van der Waals surface area (Å²) in [7, 11) is 0. The van der Waals surface area contributed by atoms with Crippen molar-refractivity contribution in [3.05, 3.63) is 10.1 Å². The molecule has 1 N–H and O–H groups in total. The summed E-state index contributed by atoms with van der Waals surface area (Å²) in [6, 6.07) is -0.800. The van der Waals surface area contributed by atoms with Crippen LogP contribution in [0.15, 0.2) is 0 Å². The van der Waals surface area contributed by atoms with Gasteiger partial charge in [-0.3, -0.25) is 14.9 Å². The fourth-order valence-electron chi connectivity index (χ4n) is 3.20. The van der Waals surface area contributed by atoms with E-state index >= 15 is 0 Å². The van der Waals surface area contributed by atoms with Crippen LogP contribution in [0.5, 0.6) is 0 Å². The average Bonchev–Trinajstić information content (AvgIpc) is 2.59. The van der Waals surface area contributed by atoms with E-state index < -0.39 is 12.1 Å². The largest absolute Gasteiger partial charge is 0.386 e. The molecule has 5 heteroatoms. The second kappa shape index (κ2) is 17.8. The Bertz CT molecular complexity index is 323. The van der Waals surface area contributed by atoms with Crippen molar-refractivity contribution >= 4 is 6.29 Å². The first-order valence-corrected chi connectivity index (χ1v) is 10.3. The molecule has 1 radical (unpaired) electrons. The molecule has 5 nitrogen and oxygen atoms in total. The summed E-state index contributed by atoms with van der Waals surface area (Å²) in [5.41, 5.74) is 0. The van der Waals surface area contributed by atoms with Crippen LogP contribution in [0, 0.1) is 10.1 Å². The first-order valence-electron chi connectivity index (χ1n) is 10.3. The minimum Gasteiger partial charge on any atom is -0.386 e. The number of aliphatic hydroxyl groups is 1. The van der Waals surface area contributed by atoms with Crippen LogP contribution < -0.4 is 0 Å². The number of rotatable bonds is 19. The van der Waals surface area contributed by atoms with Crippen LogP contribution in [0.1, 0.15) is 110 Å². The van der Waals surface area contributed by atoms with Crippen LogP contribution in [0.2, 0.25) is 0 Å². The summed E-state index contributed by atoms with van der Waals surface area (Å²) in [5, 5.41) is 21.3. The number of carbonyl (C=O) groups excluding carboxylic acids is 1. The summed E-state index contributed by atoms with van der Waals surface area (Å²) in [5.74, 6) is 0. The van der Waals surface area contributed by atoms with Crippen molar-refractivity contribution in [2.24, 2.45) is 0 Å². The predicted molar refractivity (Wildman–Crippen MR) is 102 cm³/mol. The topological polar surface area (TPSA) is 80.4 Å². The zero-order valence-electron chi connectivity index (χ0n) is 16.1. The van der Waals surface area contributed by atoms with E-state index in [9.17, 15) is 20.0 Å². The predicted octanol–water partition coefficient (Wildman–Crippen LogP) is 5.36. The molecule has 0 saturated carbocycles. The lowest BCUT2D eigenvalue weighted by atomic mass is 9.98. The molecule has 0 bridgehead atoms. The minimum absolute atomic E-state index is 0.291. The molecule has 0 aliphatic carbocycles. The Hall–Kier alpha value is -0.970. The SMILES string of the molecule is CCCCCCCCC(C(O)CCCCCCCCC[C]=O)[N+](=O)[O-]. The lowest BCUT2D eigenvalue weighted by molar-refractivity contribution is -0.535. The third-order valence-electron chi connectivity index (χ3n) is 4.85. The van der Waals surface area contributed by atoms with Gasteiger partial charge in [0.25, 0.3) is 0 Å². The highest BCUT2D eigenvalue weighted by Gasteiger charge is 2.28. The van der Waals surface area contributed by atoms with Gasteiger partial charge in [0.15, 0.2) is 6.29 Å². The number of nitro groups is 1. The van der Waals surface area contributed by atoms with Crippen molar-refractivity contribution in [2.45, 2.75) is 122 Å². The molecule has 0 amide bonds. The number of nitrogens with zero attached hydrogens (tertiary/aromatic N) is 1. The summed E-state index contributed by atoms with van der Waals surface area (Å²) in [4.78, 5) is 21.0. The fourth-order valence-corrected chi connectivity index (χ4v) is 3.20. The van der Waals surface area contributed by atoms with Crippen molar-refractivity contribution in [3.8, 4) is 0 Å². The van der Waals surface area contributed by atoms with E-state index in [2.05, 4.69) is 6.92 Å². The van der Waals surface area contributed by atoms with E-state index in [0.717, 1.165) is 64.2 Å². The maximum absolute atomic E-state index is 11.2. The number of aliphatic hydroxyl groups excluding tert-OH is 1. The van der Waals surface area contributed by atoms with E-state index in [4.69, 9.17) is 0 Å². The van der Waals surface area contributed by atoms with Gasteiger partial charge in [0.1, 0.15) is 6.10 Å². The molecule has 0 aliphatic rings. The highest BCUT2D eigenvalue weighted by Crippen LogP contribution is 2.17. The highest BCUT2D eigenvalue weighted by atomic mass is 16.6. The Morgan fingerprint density at radius 2 is 1.32 bits per heavy atom. The first kappa shape index (κ1) is 24.0. The second-order valence-electron chi connectivity index (χ2n) is 7.13. The molecular weight excluding hydrogens is 318 g/mol. The molecule has 2 atom stereocenters. The van der Waals surface area contributed by atoms with E-state index in [1.54, 1.807) is 0 Å². The Morgan fingerprint density at radius 1 is 0.840 bits per heavy atom. The molecule has 0 aromatic heterocycles. The molecule has 0 saturated heterocycles. The Balaban J connectivity index is 3.70. The smallest absolute Gasteiger partial charge is 0.238 e. The normalized spacial score (nSPS) is 13.5. The minimum atomic E-state index is -0.811. The van der Waals surface area contributed by atoms with Gasteiger partial charge in [0.2, 0.25) is 6.04 Å². The quantitative estimate of drug-likeness (QED) is 0.192. The molecular formula is C20H38NO4. The average molecular weight is 357 g/mol. The second-order valence-corrected chi connectivity index (χ2v) is 7.13. The third kappa shape index (κ3) is 15.0. The Morgan fingerprint density at radius 3 is 1.84 bits per heavy atom. The summed E-state index contributed by atoms with van der Waals surface area (Å²) in [6.07, 6.45) is 16.5. The molecule has 0 rings (SSSR count). The van der Waals surface area contributed by atoms with E-state index in [1.807, 2.05) is 6.29 Å². The van der Waals surface area contributed by atoms with E-state index in [1.165, 1.54) is 19.3 Å². The van der Waals surface area contributed by atoms with Gasteiger partial charge >= 0.3 is 0 Å². The third-order valence-corrected chi connectivity index (χ3v) is 4.85. The van der Waals surface area contributed by atoms with Gasteiger partial charge < -0.3 is 5.11 Å². The maximum Gasteiger partial charge on any atom is 0.238 e. The molecule has 0 aromatic carbocycles. The van der Waals surface area contributed by atoms with Crippen LogP contribution in [0.3, 0.4) is 0 Å². The molecule has 2 unspecified atom stereocenters. The zero-order valence-corrected chi connectivity index (χ0v) is 16.1. The molecule has 0 fully saturated rings. The van der Waals surface area contributed by atoms with Gasteiger partial charge in [0.05, 0.1) is 0 Å². The Labute approximate surface area is 153 Å². The van der Waals surface area contributed by atoms with Crippen molar-refractivity contribution in [1.29, 1.82) is 0 Å². The van der Waals surface area contributed by atoms with Crippen molar-refractivity contribution in [3.63, 3.8) is 0 Å². The van der Waals surface area contributed by atoms with Crippen LogP contribution in [0.4, 0.5) is 0 Å². The monoisotopic (exact) mass is 356 g/mol. The molecule has 0 aromatic rings. The van der Waals surface area contributed by atoms with Crippen LogP contribution in [0.25, 0.3) is 0 Å². The van der Waals surface area contributed by atoms with Crippen LogP contribution >= 0.6 is 0 Å². The van der Waals surface area contributed by atoms with Gasteiger partial charge in [-0.05, 0) is 19.3 Å². The van der Waals surface area contributed by atoms with E-state index in [-0.39, 0.29) is 4.92 Å². The standard InChI is InChI=1S/C20H38NO4/c1-2-3-4-5-10-13-16-19(21(24)25)20(23)17-14-11-8-6-7-9-12-15-18-22/h19-20,23H,2-17H2,1H3. The first-order chi connectivity index (χ1) is 12.1. The molecule has 25 heavy (non-hydrogen) atoms. The highest BCUT2D eigenvalue weighted by molar-refractivity contribution is 5.50. The van der Waals surface area contributed by atoms with Crippen molar-refractivity contribution in [1.82, 2.24) is 0 Å². The zero-order chi connectivity index (χ0) is 18.8. The summed E-state index contributed by atoms with van der Waals surface area (Å²) >= 11 is 0. The van der Waals surface area contributed by atoms with Crippen LogP contribution in [-0.2, 0) is 4.79 Å². The summed E-state index contributed by atoms with van der Waals surface area (Å²) in [6.45, 7) is 2.17. The van der Waals surface area contributed by atoms with Gasteiger partial charge in [-0.1, -0.05) is 77.6 Å². The lowest BCUT2D eigenvalue weighted by Crippen LogP contribution is -2.33. The molecule has 0 heterocycles.